The molecular weight excluding hydrogens is 689 g/mol. The van der Waals surface area contributed by atoms with E-state index in [1.165, 1.54) is 0 Å². The van der Waals surface area contributed by atoms with Gasteiger partial charge in [0.15, 0.2) is 0 Å². The van der Waals surface area contributed by atoms with Crippen LogP contribution >= 0.6 is 0 Å². The second-order valence-corrected chi connectivity index (χ2v) is 17.1. The molecule has 2 fully saturated rings. The van der Waals surface area contributed by atoms with Crippen molar-refractivity contribution in [3.05, 3.63) is 96.8 Å². The summed E-state index contributed by atoms with van der Waals surface area (Å²) in [5.41, 5.74) is 5.14. The summed E-state index contributed by atoms with van der Waals surface area (Å²) in [6.45, 7) is 14.1. The molecule has 3 unspecified atom stereocenters. The third-order valence-electron chi connectivity index (χ3n) is 10.6. The predicted molar refractivity (Wildman–Crippen MR) is 216 cm³/mol. The molecule has 4 heterocycles. The monoisotopic (exact) mass is 738 g/mol. The smallest absolute Gasteiger partial charge is 0.411 e. The number of imidazole rings is 2. The van der Waals surface area contributed by atoms with Gasteiger partial charge in [-0.3, -0.25) is 9.80 Å². The first-order valence-corrected chi connectivity index (χ1v) is 19.4. The SMILES string of the molecule is CC1CCC(c2ncc(-c3ccc4cc(-c5ccc6cc(-c7cnc(C8CCCN8C(=O)OC(C)(C)C)[nH]7)ccc6c5)ccc4c3)[nH]2)N1C(=O)OC(C)(C)C. The summed E-state index contributed by atoms with van der Waals surface area (Å²) in [6, 6.07) is 25.9. The maximum atomic E-state index is 13.1. The quantitative estimate of drug-likeness (QED) is 0.182. The molecule has 0 saturated carbocycles. The van der Waals surface area contributed by atoms with Crippen molar-refractivity contribution in [1.82, 2.24) is 29.7 Å². The van der Waals surface area contributed by atoms with Crippen molar-refractivity contribution < 1.29 is 19.1 Å². The number of nitrogens with one attached hydrogen (secondary N) is 2. The Balaban J connectivity index is 0.977. The summed E-state index contributed by atoms with van der Waals surface area (Å²) in [5.74, 6) is 1.58. The Bertz CT molecular complexity index is 2400. The summed E-state index contributed by atoms with van der Waals surface area (Å²) in [5, 5.41) is 4.58. The number of fused-ring (bicyclic) bond motifs is 2. The van der Waals surface area contributed by atoms with Gasteiger partial charge in [0, 0.05) is 23.7 Å². The van der Waals surface area contributed by atoms with Crippen molar-refractivity contribution in [3.8, 4) is 33.6 Å². The van der Waals surface area contributed by atoms with Crippen LogP contribution in [0.25, 0.3) is 55.2 Å². The molecule has 2 saturated heterocycles. The molecule has 6 aromatic rings. The minimum atomic E-state index is -0.555. The number of amides is 2. The largest absolute Gasteiger partial charge is 0.444 e. The van der Waals surface area contributed by atoms with Crippen LogP contribution in [-0.2, 0) is 9.47 Å². The molecular formula is C45H50N6O4. The van der Waals surface area contributed by atoms with Crippen LogP contribution in [0, 0.1) is 0 Å². The van der Waals surface area contributed by atoms with Crippen molar-refractivity contribution >= 4 is 33.7 Å². The lowest BCUT2D eigenvalue weighted by Gasteiger charge is -2.30. The molecule has 10 heteroatoms. The number of carbonyl (C=O) groups is 2. The van der Waals surface area contributed by atoms with Gasteiger partial charge in [-0.15, -0.1) is 0 Å². The normalized spacial score (nSPS) is 19.1. The zero-order chi connectivity index (χ0) is 38.6. The van der Waals surface area contributed by atoms with Gasteiger partial charge in [0.1, 0.15) is 22.9 Å². The Morgan fingerprint density at radius 2 is 1.07 bits per heavy atom. The highest BCUT2D eigenvalue weighted by Gasteiger charge is 2.39. The second-order valence-electron chi connectivity index (χ2n) is 17.1. The molecule has 0 aliphatic carbocycles. The Hall–Kier alpha value is -5.64. The van der Waals surface area contributed by atoms with Crippen molar-refractivity contribution in [1.29, 1.82) is 0 Å². The average Bonchev–Trinajstić information content (AvgIpc) is 3.96. The minimum absolute atomic E-state index is 0.0850. The summed E-state index contributed by atoms with van der Waals surface area (Å²) < 4.78 is 11.4. The van der Waals surface area contributed by atoms with E-state index < -0.39 is 11.2 Å². The zero-order valence-electron chi connectivity index (χ0n) is 32.8. The van der Waals surface area contributed by atoms with Crippen LogP contribution in [0.4, 0.5) is 9.59 Å². The van der Waals surface area contributed by atoms with Gasteiger partial charge in [-0.1, -0.05) is 48.5 Å². The molecule has 3 atom stereocenters. The molecule has 284 valence electrons. The summed E-state index contributed by atoms with van der Waals surface area (Å²) in [6.07, 6.45) is 6.65. The van der Waals surface area contributed by atoms with Crippen LogP contribution < -0.4 is 0 Å². The fourth-order valence-corrected chi connectivity index (χ4v) is 7.96. The average molecular weight is 739 g/mol. The molecule has 2 aliphatic rings. The summed E-state index contributed by atoms with van der Waals surface area (Å²) >= 11 is 0. The number of rotatable bonds is 5. The number of carbonyl (C=O) groups excluding carboxylic acids is 2. The van der Waals surface area contributed by atoms with E-state index in [0.29, 0.717) is 6.54 Å². The molecule has 0 spiro atoms. The molecule has 0 bridgehead atoms. The van der Waals surface area contributed by atoms with Gasteiger partial charge >= 0.3 is 12.2 Å². The molecule has 2 aromatic heterocycles. The molecule has 8 rings (SSSR count). The lowest BCUT2D eigenvalue weighted by atomic mass is 9.97. The van der Waals surface area contributed by atoms with Crippen molar-refractivity contribution in [2.24, 2.45) is 0 Å². The Kier molecular flexibility index (Phi) is 9.18. The van der Waals surface area contributed by atoms with E-state index >= 15 is 0 Å². The van der Waals surface area contributed by atoms with Gasteiger partial charge in [0.25, 0.3) is 0 Å². The number of aromatic nitrogens is 4. The first kappa shape index (κ1) is 36.3. The molecule has 0 radical (unpaired) electrons. The first-order chi connectivity index (χ1) is 26.2. The predicted octanol–water partition coefficient (Wildman–Crippen LogP) is 11.0. The molecule has 2 aliphatic heterocycles. The molecule has 2 amide bonds. The van der Waals surface area contributed by atoms with Crippen LogP contribution in [0.15, 0.2) is 85.2 Å². The Morgan fingerprint density at radius 3 is 1.58 bits per heavy atom. The maximum Gasteiger partial charge on any atom is 0.411 e. The van der Waals surface area contributed by atoms with Crippen LogP contribution in [0.5, 0.6) is 0 Å². The van der Waals surface area contributed by atoms with Gasteiger partial charge in [0.05, 0.1) is 35.9 Å². The Labute approximate surface area is 322 Å². The lowest BCUT2D eigenvalue weighted by molar-refractivity contribution is 0.0150. The van der Waals surface area contributed by atoms with E-state index in [-0.39, 0.29) is 30.3 Å². The zero-order valence-corrected chi connectivity index (χ0v) is 32.8. The van der Waals surface area contributed by atoms with Crippen molar-refractivity contribution in [2.45, 2.75) is 103 Å². The number of likely N-dealkylation sites (tertiary alicyclic amines) is 2. The van der Waals surface area contributed by atoms with E-state index in [1.807, 2.05) is 58.8 Å². The third-order valence-corrected chi connectivity index (χ3v) is 10.6. The molecule has 4 aromatic carbocycles. The molecule has 2 N–H and O–H groups in total. The highest BCUT2D eigenvalue weighted by molar-refractivity contribution is 5.94. The fourth-order valence-electron chi connectivity index (χ4n) is 7.96. The number of hydrogen-bond donors (Lipinski definition) is 2. The van der Waals surface area contributed by atoms with Crippen molar-refractivity contribution in [3.63, 3.8) is 0 Å². The van der Waals surface area contributed by atoms with Crippen LogP contribution in [0.3, 0.4) is 0 Å². The van der Waals surface area contributed by atoms with Crippen molar-refractivity contribution in [2.75, 3.05) is 6.54 Å². The van der Waals surface area contributed by atoms with E-state index in [9.17, 15) is 9.59 Å². The van der Waals surface area contributed by atoms with Gasteiger partial charge in [-0.25, -0.2) is 19.6 Å². The number of H-pyrrole nitrogens is 2. The van der Waals surface area contributed by atoms with E-state index in [1.54, 1.807) is 4.90 Å². The molecule has 55 heavy (non-hydrogen) atoms. The van der Waals surface area contributed by atoms with Gasteiger partial charge < -0.3 is 19.4 Å². The first-order valence-electron chi connectivity index (χ1n) is 19.4. The summed E-state index contributed by atoms with van der Waals surface area (Å²) in [4.78, 5) is 46.0. The van der Waals surface area contributed by atoms with Gasteiger partial charge in [-0.2, -0.15) is 0 Å². The van der Waals surface area contributed by atoms with E-state index in [2.05, 4.69) is 89.7 Å². The fraction of sp³-hybridized carbons (Fsp3) is 0.378. The number of nitrogens with zero attached hydrogens (tertiary/aromatic N) is 4. The van der Waals surface area contributed by atoms with E-state index in [0.717, 1.165) is 92.5 Å². The maximum absolute atomic E-state index is 13.1. The lowest BCUT2D eigenvalue weighted by Crippen LogP contribution is -2.40. The minimum Gasteiger partial charge on any atom is -0.444 e. The highest BCUT2D eigenvalue weighted by atomic mass is 16.6. The number of benzene rings is 4. The third kappa shape index (κ3) is 7.55. The van der Waals surface area contributed by atoms with Crippen LogP contribution in [0.2, 0.25) is 0 Å². The van der Waals surface area contributed by atoms with E-state index in [4.69, 9.17) is 19.4 Å². The molecule has 10 nitrogen and oxygen atoms in total. The van der Waals surface area contributed by atoms with Crippen LogP contribution in [-0.4, -0.2) is 65.7 Å². The highest BCUT2D eigenvalue weighted by Crippen LogP contribution is 2.38. The topological polar surface area (TPSA) is 116 Å². The Morgan fingerprint density at radius 1 is 0.618 bits per heavy atom. The van der Waals surface area contributed by atoms with Gasteiger partial charge in [0.2, 0.25) is 0 Å². The summed E-state index contributed by atoms with van der Waals surface area (Å²) in [7, 11) is 0. The number of ether oxygens (including phenoxy) is 2. The number of hydrogen-bond acceptors (Lipinski definition) is 6. The van der Waals surface area contributed by atoms with Crippen LogP contribution in [0.1, 0.15) is 97.9 Å². The second kappa shape index (κ2) is 13.9. The van der Waals surface area contributed by atoms with Gasteiger partial charge in [-0.05, 0) is 131 Å². The standard InChI is InChI=1S/C45H50N6O4/c1-27-10-19-39(51(27)43(53)55-45(5,6)7)41-47-26-37(49-41)35-18-16-31-22-29(12-14-33(31)24-35)28-11-13-32-23-34(17-15-30(32)21-28)36-25-46-40(48-36)38-9-8-20-50(38)42(52)54-44(2,3)4/h11-18,21-27,38-39H,8-10,19-20H2,1-7H3,(H,46,48)(H,47,49). The number of aromatic amines is 2.